The molecule has 1 aromatic rings. The quantitative estimate of drug-likeness (QED) is 0.730. The summed E-state index contributed by atoms with van der Waals surface area (Å²) in [6, 6.07) is 10.8. The van der Waals surface area contributed by atoms with E-state index in [1.54, 1.807) is 0 Å². The Morgan fingerprint density at radius 3 is 2.36 bits per heavy atom. The van der Waals surface area contributed by atoms with Gasteiger partial charge in [-0.2, -0.15) is 0 Å². The highest BCUT2D eigenvalue weighted by Gasteiger charge is 2.40. The summed E-state index contributed by atoms with van der Waals surface area (Å²) in [5, 5.41) is 0.290. The van der Waals surface area contributed by atoms with E-state index in [2.05, 4.69) is 76.0 Å². The van der Waals surface area contributed by atoms with E-state index in [9.17, 15) is 0 Å². The van der Waals surface area contributed by atoms with Crippen LogP contribution in [0.5, 0.6) is 0 Å². The maximum absolute atomic E-state index is 6.68. The Balaban J connectivity index is 1.99. The molecule has 0 bridgehead atoms. The van der Waals surface area contributed by atoms with Crippen molar-refractivity contribution in [3.05, 3.63) is 35.9 Å². The summed E-state index contributed by atoms with van der Waals surface area (Å²) in [5.41, 5.74) is 1.41. The minimum absolute atomic E-state index is 0.290. The van der Waals surface area contributed by atoms with Crippen molar-refractivity contribution in [2.24, 2.45) is 5.92 Å². The minimum Gasteiger partial charge on any atom is -0.413 e. The summed E-state index contributed by atoms with van der Waals surface area (Å²) < 4.78 is 6.68. The second-order valence-corrected chi connectivity index (χ2v) is 13.3. The van der Waals surface area contributed by atoms with E-state index in [4.69, 9.17) is 4.43 Å². The zero-order valence-electron chi connectivity index (χ0n) is 15.2. The van der Waals surface area contributed by atoms with Crippen LogP contribution in [-0.2, 0) is 11.0 Å². The zero-order chi connectivity index (χ0) is 16.4. The lowest BCUT2D eigenvalue weighted by Crippen LogP contribution is -2.50. The minimum atomic E-state index is -1.67. The Bertz CT molecular complexity index is 466. The maximum Gasteiger partial charge on any atom is 0.192 e. The average Bonchev–Trinajstić information content (AvgIpc) is 2.37. The molecule has 124 valence electrons. The fourth-order valence-electron chi connectivity index (χ4n) is 3.05. The van der Waals surface area contributed by atoms with Crippen molar-refractivity contribution < 1.29 is 4.43 Å². The molecule has 2 atom stereocenters. The third-order valence-electron chi connectivity index (χ3n) is 5.21. The van der Waals surface area contributed by atoms with Gasteiger partial charge in [-0.05, 0) is 36.0 Å². The number of rotatable bonds is 4. The molecule has 2 nitrogen and oxygen atoms in total. The third kappa shape index (κ3) is 4.67. The Labute approximate surface area is 138 Å². The molecule has 0 aliphatic carbocycles. The van der Waals surface area contributed by atoms with Gasteiger partial charge in [0.25, 0.3) is 0 Å². The molecule has 1 fully saturated rings. The molecule has 0 saturated carbocycles. The van der Waals surface area contributed by atoms with E-state index < -0.39 is 8.32 Å². The van der Waals surface area contributed by atoms with Gasteiger partial charge in [-0.3, -0.25) is 4.90 Å². The standard InChI is InChI=1S/C19H33NOSi/c1-16-12-18(21-22(5,6)19(2,3)4)15-20(13-16)14-17-10-8-7-9-11-17/h7-11,16,18H,12-15H2,1-6H3. The van der Waals surface area contributed by atoms with E-state index in [0.717, 1.165) is 13.1 Å². The van der Waals surface area contributed by atoms with Crippen molar-refractivity contribution in [2.75, 3.05) is 13.1 Å². The van der Waals surface area contributed by atoms with E-state index >= 15 is 0 Å². The third-order valence-corrected chi connectivity index (χ3v) is 9.75. The van der Waals surface area contributed by atoms with E-state index in [1.165, 1.54) is 18.5 Å². The Morgan fingerprint density at radius 2 is 1.77 bits per heavy atom. The SMILES string of the molecule is CC1CC(O[Si](C)(C)C(C)(C)C)CN(Cc2ccccc2)C1. The molecular weight excluding hydrogens is 286 g/mol. The Morgan fingerprint density at radius 1 is 1.14 bits per heavy atom. The van der Waals surface area contributed by atoms with E-state index in [-0.39, 0.29) is 5.04 Å². The van der Waals surface area contributed by atoms with Crippen LogP contribution in [0.1, 0.15) is 39.7 Å². The summed E-state index contributed by atoms with van der Waals surface area (Å²) in [6.07, 6.45) is 1.60. The summed E-state index contributed by atoms with van der Waals surface area (Å²) in [7, 11) is -1.67. The van der Waals surface area contributed by atoms with Crippen LogP contribution < -0.4 is 0 Å². The molecule has 1 aliphatic rings. The highest BCUT2D eigenvalue weighted by Crippen LogP contribution is 2.38. The van der Waals surface area contributed by atoms with Crippen LogP contribution in [0, 0.1) is 5.92 Å². The number of benzene rings is 1. The van der Waals surface area contributed by atoms with Gasteiger partial charge in [0.15, 0.2) is 8.32 Å². The van der Waals surface area contributed by atoms with Gasteiger partial charge in [0.05, 0.1) is 6.10 Å². The lowest BCUT2D eigenvalue weighted by molar-refractivity contribution is 0.0480. The molecule has 2 rings (SSSR count). The molecule has 2 unspecified atom stereocenters. The molecule has 0 amide bonds. The fourth-order valence-corrected chi connectivity index (χ4v) is 4.41. The van der Waals surface area contributed by atoms with Crippen molar-refractivity contribution in [3.8, 4) is 0 Å². The largest absolute Gasteiger partial charge is 0.413 e. The van der Waals surface area contributed by atoms with E-state index in [1.807, 2.05) is 0 Å². The van der Waals surface area contributed by atoms with Gasteiger partial charge < -0.3 is 4.43 Å². The Kier molecular flexibility index (Phi) is 5.52. The van der Waals surface area contributed by atoms with Crippen molar-refractivity contribution >= 4 is 8.32 Å². The molecule has 3 heteroatoms. The fraction of sp³-hybridized carbons (Fsp3) is 0.684. The number of piperidine rings is 1. The van der Waals surface area contributed by atoms with Crippen LogP contribution in [0.25, 0.3) is 0 Å². The monoisotopic (exact) mass is 319 g/mol. The predicted octanol–water partition coefficient (Wildman–Crippen LogP) is 4.92. The second-order valence-electron chi connectivity index (χ2n) is 8.52. The van der Waals surface area contributed by atoms with Crippen LogP contribution >= 0.6 is 0 Å². The van der Waals surface area contributed by atoms with Gasteiger partial charge >= 0.3 is 0 Å². The van der Waals surface area contributed by atoms with Crippen molar-refractivity contribution in [2.45, 2.75) is 64.9 Å². The molecule has 0 N–H and O–H groups in total. The number of likely N-dealkylation sites (tertiary alicyclic amines) is 1. The average molecular weight is 320 g/mol. The lowest BCUT2D eigenvalue weighted by Gasteiger charge is -2.44. The summed E-state index contributed by atoms with van der Waals surface area (Å²) in [5.74, 6) is 0.715. The maximum atomic E-state index is 6.68. The molecule has 0 radical (unpaired) electrons. The summed E-state index contributed by atoms with van der Waals surface area (Å²) in [4.78, 5) is 2.57. The summed E-state index contributed by atoms with van der Waals surface area (Å²) in [6.45, 7) is 17.4. The van der Waals surface area contributed by atoms with Crippen LogP contribution in [0.2, 0.25) is 18.1 Å². The smallest absolute Gasteiger partial charge is 0.192 e. The molecule has 0 aromatic heterocycles. The first-order valence-corrected chi connectivity index (χ1v) is 11.5. The molecule has 1 heterocycles. The zero-order valence-corrected chi connectivity index (χ0v) is 16.2. The first kappa shape index (κ1) is 17.7. The molecule has 1 saturated heterocycles. The molecule has 1 aliphatic heterocycles. The van der Waals surface area contributed by atoms with Gasteiger partial charge in [-0.1, -0.05) is 58.0 Å². The van der Waals surface area contributed by atoms with E-state index in [0.29, 0.717) is 12.0 Å². The van der Waals surface area contributed by atoms with Crippen molar-refractivity contribution in [1.29, 1.82) is 0 Å². The van der Waals surface area contributed by atoms with Gasteiger partial charge in [0, 0.05) is 19.6 Å². The van der Waals surface area contributed by atoms with Gasteiger partial charge in [-0.25, -0.2) is 0 Å². The van der Waals surface area contributed by atoms with Crippen LogP contribution in [0.15, 0.2) is 30.3 Å². The van der Waals surface area contributed by atoms with Crippen molar-refractivity contribution in [3.63, 3.8) is 0 Å². The molecule has 0 spiro atoms. The number of nitrogens with zero attached hydrogens (tertiary/aromatic N) is 1. The topological polar surface area (TPSA) is 12.5 Å². The van der Waals surface area contributed by atoms with Crippen LogP contribution in [-0.4, -0.2) is 32.4 Å². The first-order chi connectivity index (χ1) is 10.2. The Hall–Kier alpha value is -0.643. The van der Waals surface area contributed by atoms with Crippen LogP contribution in [0.3, 0.4) is 0 Å². The molecule has 1 aromatic carbocycles. The molecular formula is C19H33NOSi. The molecule has 22 heavy (non-hydrogen) atoms. The highest BCUT2D eigenvalue weighted by molar-refractivity contribution is 6.74. The lowest BCUT2D eigenvalue weighted by atomic mass is 9.97. The number of hydrogen-bond acceptors (Lipinski definition) is 2. The first-order valence-electron chi connectivity index (χ1n) is 8.61. The second kappa shape index (κ2) is 6.86. The van der Waals surface area contributed by atoms with Gasteiger partial charge in [0.1, 0.15) is 0 Å². The summed E-state index contributed by atoms with van der Waals surface area (Å²) >= 11 is 0. The normalized spacial score (nSPS) is 24.5. The van der Waals surface area contributed by atoms with Crippen molar-refractivity contribution in [1.82, 2.24) is 4.90 Å². The predicted molar refractivity (Wildman–Crippen MR) is 97.6 cm³/mol. The van der Waals surface area contributed by atoms with Gasteiger partial charge in [-0.15, -0.1) is 0 Å². The van der Waals surface area contributed by atoms with Crippen LogP contribution in [0.4, 0.5) is 0 Å². The highest BCUT2D eigenvalue weighted by atomic mass is 28.4. The van der Waals surface area contributed by atoms with Gasteiger partial charge in [0.2, 0.25) is 0 Å². The number of hydrogen-bond donors (Lipinski definition) is 0.